The van der Waals surface area contributed by atoms with Crippen LogP contribution in [0.3, 0.4) is 0 Å². The molecule has 2 saturated heterocycles. The van der Waals surface area contributed by atoms with E-state index < -0.39 is 5.92 Å². The highest BCUT2D eigenvalue weighted by Crippen LogP contribution is 2.20. The lowest BCUT2D eigenvalue weighted by Gasteiger charge is -2.31. The molecule has 27 heavy (non-hydrogen) atoms. The zero-order valence-corrected chi connectivity index (χ0v) is 15.3. The van der Waals surface area contributed by atoms with Gasteiger partial charge in [-0.25, -0.2) is 9.97 Å². The van der Waals surface area contributed by atoms with Gasteiger partial charge in [0.2, 0.25) is 23.7 Å². The zero-order valence-electron chi connectivity index (χ0n) is 15.3. The summed E-state index contributed by atoms with van der Waals surface area (Å²) in [5.41, 5.74) is 0. The van der Waals surface area contributed by atoms with Crippen molar-refractivity contribution in [1.82, 2.24) is 25.9 Å². The van der Waals surface area contributed by atoms with E-state index in [0.717, 1.165) is 32.4 Å². The van der Waals surface area contributed by atoms with Gasteiger partial charge < -0.3 is 20.9 Å². The van der Waals surface area contributed by atoms with Crippen LogP contribution >= 0.6 is 0 Å². The largest absolute Gasteiger partial charge is 0.355 e. The van der Waals surface area contributed by atoms with E-state index in [1.807, 2.05) is 0 Å². The molecule has 9 nitrogen and oxygen atoms in total. The molecule has 0 bridgehead atoms. The molecule has 3 rings (SSSR count). The Hall–Kier alpha value is -2.71. The lowest BCUT2D eigenvalue weighted by molar-refractivity contribution is -0.137. The first-order chi connectivity index (χ1) is 13.1. The van der Waals surface area contributed by atoms with Crippen LogP contribution in [-0.4, -0.2) is 60.4 Å². The molecule has 3 heterocycles. The van der Waals surface area contributed by atoms with Crippen molar-refractivity contribution in [1.29, 1.82) is 0 Å². The summed E-state index contributed by atoms with van der Waals surface area (Å²) in [5, 5.41) is 8.30. The molecule has 0 saturated carbocycles. The van der Waals surface area contributed by atoms with Crippen molar-refractivity contribution < 1.29 is 14.4 Å². The molecule has 2 fully saturated rings. The van der Waals surface area contributed by atoms with Crippen molar-refractivity contribution in [2.45, 2.75) is 25.7 Å². The van der Waals surface area contributed by atoms with Crippen molar-refractivity contribution in [3.8, 4) is 0 Å². The van der Waals surface area contributed by atoms with Gasteiger partial charge in [0.15, 0.2) is 0 Å². The number of nitrogens with zero attached hydrogens (tertiary/aromatic N) is 3. The van der Waals surface area contributed by atoms with Crippen molar-refractivity contribution in [2.24, 2.45) is 11.8 Å². The van der Waals surface area contributed by atoms with Gasteiger partial charge in [0, 0.05) is 51.0 Å². The fraction of sp³-hybridized carbons (Fsp3) is 0.611. The number of aromatic nitrogens is 2. The highest BCUT2D eigenvalue weighted by atomic mass is 16.2. The molecule has 0 unspecified atom stereocenters. The van der Waals surface area contributed by atoms with Crippen LogP contribution in [0.1, 0.15) is 25.7 Å². The maximum Gasteiger partial charge on any atom is 0.232 e. The van der Waals surface area contributed by atoms with E-state index in [2.05, 4.69) is 30.8 Å². The summed E-state index contributed by atoms with van der Waals surface area (Å²) in [4.78, 5) is 46.5. The number of carbonyl (C=O) groups excluding carboxylic acids is 3. The predicted octanol–water partition coefficient (Wildman–Crippen LogP) is -0.548. The standard InChI is InChI=1S/C18H26N6O3/c25-15(13-4-11-24(12-5-13)18-22-7-2-8-23-18)20-9-10-21-17(27)14-3-1-6-19-16(14)26/h2,7-8,13-14H,1,3-6,9-12H2,(H,19,26)(H,20,25)(H,21,27)/t14-/m0/s1. The Labute approximate surface area is 158 Å². The third kappa shape index (κ3) is 5.15. The van der Waals surface area contributed by atoms with Gasteiger partial charge in [-0.1, -0.05) is 0 Å². The predicted molar refractivity (Wildman–Crippen MR) is 98.7 cm³/mol. The van der Waals surface area contributed by atoms with Crippen LogP contribution in [0, 0.1) is 11.8 Å². The molecule has 9 heteroatoms. The number of piperidine rings is 2. The van der Waals surface area contributed by atoms with Gasteiger partial charge >= 0.3 is 0 Å². The molecule has 3 N–H and O–H groups in total. The normalized spacial score (nSPS) is 20.7. The fourth-order valence-corrected chi connectivity index (χ4v) is 3.46. The number of carbonyl (C=O) groups is 3. The number of nitrogens with one attached hydrogen (secondary N) is 3. The van der Waals surface area contributed by atoms with Crippen LogP contribution in [0.2, 0.25) is 0 Å². The second-order valence-corrected chi connectivity index (χ2v) is 6.88. The van der Waals surface area contributed by atoms with Gasteiger partial charge in [-0.2, -0.15) is 0 Å². The third-order valence-corrected chi connectivity index (χ3v) is 5.03. The summed E-state index contributed by atoms with van der Waals surface area (Å²) in [7, 11) is 0. The quantitative estimate of drug-likeness (QED) is 0.455. The van der Waals surface area contributed by atoms with Crippen LogP contribution in [-0.2, 0) is 14.4 Å². The van der Waals surface area contributed by atoms with Crippen molar-refractivity contribution >= 4 is 23.7 Å². The van der Waals surface area contributed by atoms with Crippen molar-refractivity contribution in [2.75, 3.05) is 37.6 Å². The maximum absolute atomic E-state index is 12.3. The summed E-state index contributed by atoms with van der Waals surface area (Å²) < 4.78 is 0. The molecule has 0 aromatic carbocycles. The lowest BCUT2D eigenvalue weighted by Crippen LogP contribution is -2.47. The van der Waals surface area contributed by atoms with Gasteiger partial charge in [-0.15, -0.1) is 0 Å². The van der Waals surface area contributed by atoms with Gasteiger partial charge in [0.25, 0.3) is 0 Å². The average molecular weight is 374 g/mol. The summed E-state index contributed by atoms with van der Waals surface area (Å²) in [5.74, 6) is -0.419. The maximum atomic E-state index is 12.3. The summed E-state index contributed by atoms with van der Waals surface area (Å²) >= 11 is 0. The minimum Gasteiger partial charge on any atom is -0.355 e. The van der Waals surface area contributed by atoms with Crippen LogP contribution in [0.25, 0.3) is 0 Å². The molecule has 0 spiro atoms. The Morgan fingerprint density at radius 2 is 1.74 bits per heavy atom. The second-order valence-electron chi connectivity index (χ2n) is 6.88. The zero-order chi connectivity index (χ0) is 19.1. The Bertz CT molecular complexity index is 660. The van der Waals surface area contributed by atoms with E-state index in [9.17, 15) is 14.4 Å². The molecule has 0 radical (unpaired) electrons. The Balaban J connectivity index is 1.33. The number of anilines is 1. The molecule has 1 aromatic rings. The first-order valence-corrected chi connectivity index (χ1v) is 9.50. The Morgan fingerprint density at radius 3 is 2.41 bits per heavy atom. The summed E-state index contributed by atoms with van der Waals surface area (Å²) in [6, 6.07) is 1.78. The Kier molecular flexibility index (Phi) is 6.56. The van der Waals surface area contributed by atoms with Crippen LogP contribution in [0.15, 0.2) is 18.5 Å². The van der Waals surface area contributed by atoms with E-state index in [0.29, 0.717) is 32.0 Å². The molecule has 1 aromatic heterocycles. The second kappa shape index (κ2) is 9.29. The molecule has 146 valence electrons. The molecular weight excluding hydrogens is 348 g/mol. The molecule has 3 amide bonds. The third-order valence-electron chi connectivity index (χ3n) is 5.03. The van der Waals surface area contributed by atoms with Crippen molar-refractivity contribution in [3.05, 3.63) is 18.5 Å². The number of hydrogen-bond acceptors (Lipinski definition) is 6. The topological polar surface area (TPSA) is 116 Å². The van der Waals surface area contributed by atoms with Gasteiger partial charge in [0.05, 0.1) is 0 Å². The minimum absolute atomic E-state index is 0.00767. The molecule has 2 aliphatic heterocycles. The smallest absolute Gasteiger partial charge is 0.232 e. The summed E-state index contributed by atoms with van der Waals surface area (Å²) in [6.45, 7) is 2.81. The lowest BCUT2D eigenvalue weighted by atomic mass is 9.96. The van der Waals surface area contributed by atoms with E-state index >= 15 is 0 Å². The molecule has 2 aliphatic rings. The monoisotopic (exact) mass is 374 g/mol. The molecular formula is C18H26N6O3. The molecule has 1 atom stereocenters. The van der Waals surface area contributed by atoms with Gasteiger partial charge in [-0.05, 0) is 31.7 Å². The van der Waals surface area contributed by atoms with E-state index in [1.165, 1.54) is 0 Å². The number of hydrogen-bond donors (Lipinski definition) is 3. The van der Waals surface area contributed by atoms with Crippen LogP contribution < -0.4 is 20.9 Å². The first kappa shape index (κ1) is 19.1. The van der Waals surface area contributed by atoms with E-state index in [-0.39, 0.29) is 23.6 Å². The minimum atomic E-state index is -0.612. The summed E-state index contributed by atoms with van der Waals surface area (Å²) in [6.07, 6.45) is 6.32. The first-order valence-electron chi connectivity index (χ1n) is 9.50. The SMILES string of the molecule is O=C(NCCNC(=O)[C@H]1CCCNC1=O)C1CCN(c2ncccn2)CC1. The van der Waals surface area contributed by atoms with Crippen LogP contribution in [0.4, 0.5) is 5.95 Å². The van der Waals surface area contributed by atoms with E-state index in [1.54, 1.807) is 18.5 Å². The van der Waals surface area contributed by atoms with Crippen molar-refractivity contribution in [3.63, 3.8) is 0 Å². The van der Waals surface area contributed by atoms with Gasteiger partial charge in [-0.3, -0.25) is 14.4 Å². The van der Waals surface area contributed by atoms with Crippen LogP contribution in [0.5, 0.6) is 0 Å². The van der Waals surface area contributed by atoms with Gasteiger partial charge in [0.1, 0.15) is 5.92 Å². The average Bonchev–Trinajstić information content (AvgIpc) is 2.72. The number of rotatable bonds is 6. The highest BCUT2D eigenvalue weighted by molar-refractivity contribution is 6.00. The van der Waals surface area contributed by atoms with E-state index in [4.69, 9.17) is 0 Å². The fourth-order valence-electron chi connectivity index (χ4n) is 3.46. The molecule has 0 aliphatic carbocycles. The number of amides is 3. The Morgan fingerprint density at radius 1 is 1.07 bits per heavy atom. The highest BCUT2D eigenvalue weighted by Gasteiger charge is 2.29.